The molecule has 120 valence electrons. The standard InChI is InChI=1S/C16H24N4O2/c1-3-13-10(2)6-17-16(19-13)20-7-12(11-4-5-11)14(8-20)18-15(22)9-21/h6,11-12,14,21H,3-5,7-9H2,1-2H3,(H,18,22)/t12-,14+/m1/s1. The first-order valence-electron chi connectivity index (χ1n) is 8.10. The van der Waals surface area contributed by atoms with Crippen molar-refractivity contribution in [3.63, 3.8) is 0 Å². The monoisotopic (exact) mass is 304 g/mol. The Balaban J connectivity index is 1.76. The number of hydrogen-bond acceptors (Lipinski definition) is 5. The number of amides is 1. The molecule has 0 bridgehead atoms. The van der Waals surface area contributed by atoms with Gasteiger partial charge < -0.3 is 15.3 Å². The van der Waals surface area contributed by atoms with Crippen LogP contribution in [0.4, 0.5) is 5.95 Å². The van der Waals surface area contributed by atoms with Crippen molar-refractivity contribution >= 4 is 11.9 Å². The number of anilines is 1. The maximum absolute atomic E-state index is 11.5. The molecule has 0 radical (unpaired) electrons. The Morgan fingerprint density at radius 1 is 1.45 bits per heavy atom. The number of carbonyl (C=O) groups excluding carboxylic acids is 1. The number of rotatable bonds is 5. The maximum Gasteiger partial charge on any atom is 0.245 e. The van der Waals surface area contributed by atoms with Gasteiger partial charge in [-0.05, 0) is 37.7 Å². The first-order chi connectivity index (χ1) is 10.6. The van der Waals surface area contributed by atoms with Crippen molar-refractivity contribution in [1.29, 1.82) is 0 Å². The van der Waals surface area contributed by atoms with Crippen LogP contribution < -0.4 is 10.2 Å². The Kier molecular flexibility index (Phi) is 4.29. The minimum Gasteiger partial charge on any atom is -0.387 e. The summed E-state index contributed by atoms with van der Waals surface area (Å²) in [6.45, 7) is 5.28. The fourth-order valence-electron chi connectivity index (χ4n) is 3.38. The lowest BCUT2D eigenvalue weighted by Crippen LogP contribution is -2.42. The van der Waals surface area contributed by atoms with Gasteiger partial charge in [0.1, 0.15) is 6.61 Å². The average molecular weight is 304 g/mol. The van der Waals surface area contributed by atoms with Gasteiger partial charge in [-0.15, -0.1) is 0 Å². The quantitative estimate of drug-likeness (QED) is 0.836. The van der Waals surface area contributed by atoms with E-state index in [0.717, 1.165) is 36.7 Å². The van der Waals surface area contributed by atoms with Crippen LogP contribution in [-0.4, -0.2) is 46.7 Å². The number of aromatic nitrogens is 2. The molecule has 22 heavy (non-hydrogen) atoms. The zero-order chi connectivity index (χ0) is 15.7. The fraction of sp³-hybridized carbons (Fsp3) is 0.688. The molecule has 2 aliphatic rings. The van der Waals surface area contributed by atoms with Crippen molar-refractivity contribution in [2.24, 2.45) is 11.8 Å². The molecule has 2 fully saturated rings. The molecule has 0 aromatic carbocycles. The summed E-state index contributed by atoms with van der Waals surface area (Å²) in [5, 5.41) is 11.9. The Morgan fingerprint density at radius 3 is 2.86 bits per heavy atom. The Hall–Kier alpha value is -1.69. The van der Waals surface area contributed by atoms with Crippen LogP contribution in [0.25, 0.3) is 0 Å². The SMILES string of the molecule is CCc1nc(N2C[C@H](NC(=O)CO)[C@@H](C3CC3)C2)ncc1C. The van der Waals surface area contributed by atoms with Crippen molar-refractivity contribution in [1.82, 2.24) is 15.3 Å². The van der Waals surface area contributed by atoms with E-state index in [1.165, 1.54) is 12.8 Å². The summed E-state index contributed by atoms with van der Waals surface area (Å²) in [4.78, 5) is 22.8. The molecular formula is C16H24N4O2. The average Bonchev–Trinajstić information content (AvgIpc) is 3.29. The van der Waals surface area contributed by atoms with E-state index in [1.54, 1.807) is 0 Å². The van der Waals surface area contributed by atoms with E-state index in [0.29, 0.717) is 11.8 Å². The highest BCUT2D eigenvalue weighted by Gasteiger charge is 2.43. The zero-order valence-corrected chi connectivity index (χ0v) is 13.2. The van der Waals surface area contributed by atoms with Crippen LogP contribution in [-0.2, 0) is 11.2 Å². The van der Waals surface area contributed by atoms with E-state index >= 15 is 0 Å². The van der Waals surface area contributed by atoms with Crippen LogP contribution >= 0.6 is 0 Å². The molecule has 2 N–H and O–H groups in total. The van der Waals surface area contributed by atoms with Crippen molar-refractivity contribution in [2.45, 2.75) is 39.2 Å². The summed E-state index contributed by atoms with van der Waals surface area (Å²) >= 11 is 0. The zero-order valence-electron chi connectivity index (χ0n) is 13.2. The molecule has 3 rings (SSSR count). The number of aliphatic hydroxyl groups is 1. The van der Waals surface area contributed by atoms with Gasteiger partial charge in [0.05, 0.1) is 6.04 Å². The van der Waals surface area contributed by atoms with E-state index < -0.39 is 6.61 Å². The molecular weight excluding hydrogens is 280 g/mol. The lowest BCUT2D eigenvalue weighted by Gasteiger charge is -2.18. The second-order valence-electron chi connectivity index (χ2n) is 6.39. The van der Waals surface area contributed by atoms with Crippen LogP contribution in [0.3, 0.4) is 0 Å². The molecule has 1 saturated heterocycles. The van der Waals surface area contributed by atoms with Crippen molar-refractivity contribution < 1.29 is 9.90 Å². The molecule has 0 unspecified atom stereocenters. The molecule has 6 nitrogen and oxygen atoms in total. The Labute approximate surface area is 131 Å². The third kappa shape index (κ3) is 3.06. The number of nitrogens with one attached hydrogen (secondary N) is 1. The highest BCUT2D eigenvalue weighted by atomic mass is 16.3. The first kappa shape index (κ1) is 15.2. The fourth-order valence-corrected chi connectivity index (χ4v) is 3.38. The van der Waals surface area contributed by atoms with Crippen LogP contribution in [0, 0.1) is 18.8 Å². The number of nitrogens with zero attached hydrogens (tertiary/aromatic N) is 3. The predicted octanol–water partition coefficient (Wildman–Crippen LogP) is 0.671. The smallest absolute Gasteiger partial charge is 0.245 e. The highest BCUT2D eigenvalue weighted by Crippen LogP contribution is 2.42. The molecule has 2 atom stereocenters. The van der Waals surface area contributed by atoms with Gasteiger partial charge in [0.2, 0.25) is 11.9 Å². The summed E-state index contributed by atoms with van der Waals surface area (Å²) in [5.74, 6) is 1.58. The number of hydrogen-bond donors (Lipinski definition) is 2. The Morgan fingerprint density at radius 2 is 2.23 bits per heavy atom. The lowest BCUT2D eigenvalue weighted by atomic mass is 9.98. The van der Waals surface area contributed by atoms with Gasteiger partial charge in [-0.25, -0.2) is 9.97 Å². The van der Waals surface area contributed by atoms with Crippen LogP contribution in [0.1, 0.15) is 31.0 Å². The summed E-state index contributed by atoms with van der Waals surface area (Å²) < 4.78 is 0. The topological polar surface area (TPSA) is 78.4 Å². The van der Waals surface area contributed by atoms with Crippen LogP contribution in [0.5, 0.6) is 0 Å². The van der Waals surface area contributed by atoms with Gasteiger partial charge >= 0.3 is 0 Å². The molecule has 1 aliphatic carbocycles. The molecule has 1 aromatic rings. The van der Waals surface area contributed by atoms with Gasteiger partial charge in [0.25, 0.3) is 0 Å². The number of aliphatic hydroxyl groups excluding tert-OH is 1. The third-order valence-electron chi connectivity index (χ3n) is 4.76. The maximum atomic E-state index is 11.5. The molecule has 0 spiro atoms. The third-order valence-corrected chi connectivity index (χ3v) is 4.76. The first-order valence-corrected chi connectivity index (χ1v) is 8.10. The molecule has 2 heterocycles. The van der Waals surface area contributed by atoms with Gasteiger partial charge in [-0.2, -0.15) is 0 Å². The van der Waals surface area contributed by atoms with E-state index in [9.17, 15) is 4.79 Å². The molecule has 1 aromatic heterocycles. The second kappa shape index (κ2) is 6.20. The Bertz CT molecular complexity index is 559. The second-order valence-corrected chi connectivity index (χ2v) is 6.39. The summed E-state index contributed by atoms with van der Waals surface area (Å²) in [6.07, 6.45) is 5.25. The predicted molar refractivity (Wildman–Crippen MR) is 83.6 cm³/mol. The van der Waals surface area contributed by atoms with Gasteiger partial charge in [-0.1, -0.05) is 6.92 Å². The molecule has 1 amide bonds. The number of carbonyl (C=O) groups is 1. The summed E-state index contributed by atoms with van der Waals surface area (Å²) in [7, 11) is 0. The summed E-state index contributed by atoms with van der Waals surface area (Å²) in [5.41, 5.74) is 2.20. The van der Waals surface area contributed by atoms with Crippen molar-refractivity contribution in [3.05, 3.63) is 17.5 Å². The highest BCUT2D eigenvalue weighted by molar-refractivity contribution is 5.77. The van der Waals surface area contributed by atoms with Gasteiger partial charge in [0, 0.05) is 30.9 Å². The molecule has 6 heteroatoms. The van der Waals surface area contributed by atoms with Crippen LogP contribution in [0.2, 0.25) is 0 Å². The minimum absolute atomic E-state index is 0.0853. The van der Waals surface area contributed by atoms with E-state index in [4.69, 9.17) is 5.11 Å². The lowest BCUT2D eigenvalue weighted by molar-refractivity contribution is -0.124. The molecule has 1 saturated carbocycles. The van der Waals surface area contributed by atoms with Crippen LogP contribution in [0.15, 0.2) is 6.20 Å². The van der Waals surface area contributed by atoms with Gasteiger partial charge in [0.15, 0.2) is 0 Å². The van der Waals surface area contributed by atoms with Crippen molar-refractivity contribution in [3.8, 4) is 0 Å². The van der Waals surface area contributed by atoms with Crippen molar-refractivity contribution in [2.75, 3.05) is 24.6 Å². The van der Waals surface area contributed by atoms with E-state index in [2.05, 4.69) is 27.1 Å². The summed E-state index contributed by atoms with van der Waals surface area (Å²) in [6, 6.07) is 0.0853. The van der Waals surface area contributed by atoms with E-state index in [-0.39, 0.29) is 11.9 Å². The minimum atomic E-state index is -0.450. The normalized spacial score (nSPS) is 24.6. The molecule has 1 aliphatic heterocycles. The number of aryl methyl sites for hydroxylation is 2. The largest absolute Gasteiger partial charge is 0.387 e. The van der Waals surface area contributed by atoms with Gasteiger partial charge in [-0.3, -0.25) is 4.79 Å². The van der Waals surface area contributed by atoms with E-state index in [1.807, 2.05) is 13.1 Å².